The largest absolute Gasteiger partial charge is 0.205 e. The van der Waals surface area contributed by atoms with Crippen LogP contribution >= 0.6 is 23.2 Å². The molecule has 0 N–H and O–H groups in total. The molecule has 0 radical (unpaired) electrons. The van der Waals surface area contributed by atoms with Crippen molar-refractivity contribution in [1.29, 1.82) is 0 Å². The van der Waals surface area contributed by atoms with Crippen LogP contribution in [0.1, 0.15) is 0 Å². The van der Waals surface area contributed by atoms with E-state index in [4.69, 9.17) is 23.2 Å². The van der Waals surface area contributed by atoms with E-state index < -0.39 is 27.5 Å². The highest BCUT2D eigenvalue weighted by atomic mass is 35.5. The first-order valence-electron chi connectivity index (χ1n) is 2.52. The highest BCUT2D eigenvalue weighted by Crippen LogP contribution is 2.26. The second kappa shape index (κ2) is 2.91. The van der Waals surface area contributed by atoms with Gasteiger partial charge in [0.25, 0.3) is 0 Å². The zero-order valence-corrected chi connectivity index (χ0v) is 6.48. The lowest BCUT2D eigenvalue weighted by molar-refractivity contribution is 0.496. The summed E-state index contributed by atoms with van der Waals surface area (Å²) in [5, 5.41) is -1.50. The lowest BCUT2D eigenvalue weighted by Crippen LogP contribution is -1.90. The van der Waals surface area contributed by atoms with Crippen LogP contribution in [0.2, 0.25) is 10.0 Å². The quantitative estimate of drug-likeness (QED) is 0.445. The Bertz CT molecular complexity index is 272. The van der Waals surface area contributed by atoms with Gasteiger partial charge < -0.3 is 0 Å². The summed E-state index contributed by atoms with van der Waals surface area (Å²) in [5.41, 5.74) is 0. The third kappa shape index (κ3) is 1.44. The first-order valence-corrected chi connectivity index (χ1v) is 3.28. The molecule has 0 spiro atoms. The zero-order valence-electron chi connectivity index (χ0n) is 4.97. The third-order valence-electron chi connectivity index (χ3n) is 1.06. The summed E-state index contributed by atoms with van der Waals surface area (Å²) < 4.78 is 37.2. The van der Waals surface area contributed by atoms with Crippen LogP contribution in [-0.4, -0.2) is 0 Å². The predicted molar refractivity (Wildman–Crippen MR) is 36.3 cm³/mol. The van der Waals surface area contributed by atoms with Gasteiger partial charge in [-0.2, -0.15) is 0 Å². The van der Waals surface area contributed by atoms with Crippen LogP contribution in [0.5, 0.6) is 0 Å². The molecule has 5 heteroatoms. The molecule has 0 bridgehead atoms. The molecule has 0 atom stereocenters. The Balaban J connectivity index is 3.46. The highest BCUT2D eigenvalue weighted by molar-refractivity contribution is 6.33. The van der Waals surface area contributed by atoms with E-state index in [2.05, 4.69) is 0 Å². The topological polar surface area (TPSA) is 0 Å². The van der Waals surface area contributed by atoms with E-state index in [-0.39, 0.29) is 0 Å². The van der Waals surface area contributed by atoms with Gasteiger partial charge in [0, 0.05) is 0 Å². The van der Waals surface area contributed by atoms with Gasteiger partial charge >= 0.3 is 0 Å². The molecule has 0 saturated heterocycles. The number of hydrogen-bond donors (Lipinski definition) is 0. The van der Waals surface area contributed by atoms with Crippen molar-refractivity contribution in [3.8, 4) is 0 Å². The van der Waals surface area contributed by atoms with Crippen molar-refractivity contribution >= 4 is 23.2 Å². The first-order chi connectivity index (χ1) is 5.04. The Labute approximate surface area is 70.5 Å². The second-order valence-electron chi connectivity index (χ2n) is 1.78. The van der Waals surface area contributed by atoms with Crippen LogP contribution in [0.3, 0.4) is 0 Å². The van der Waals surface area contributed by atoms with Gasteiger partial charge in [-0.3, -0.25) is 0 Å². The monoisotopic (exact) mass is 200 g/mol. The van der Waals surface area contributed by atoms with E-state index in [1.165, 1.54) is 0 Å². The summed E-state index contributed by atoms with van der Waals surface area (Å²) in [7, 11) is 0. The van der Waals surface area contributed by atoms with E-state index in [1.807, 2.05) is 0 Å². The Morgan fingerprint density at radius 2 is 1.55 bits per heavy atom. The van der Waals surface area contributed by atoms with Crippen molar-refractivity contribution in [3.05, 3.63) is 33.6 Å². The molecule has 0 aliphatic carbocycles. The highest BCUT2D eigenvalue weighted by Gasteiger charge is 2.15. The second-order valence-corrected chi connectivity index (χ2v) is 2.57. The van der Waals surface area contributed by atoms with Crippen molar-refractivity contribution in [1.82, 2.24) is 0 Å². The molecular weight excluding hydrogens is 200 g/mol. The maximum atomic E-state index is 12.4. The Morgan fingerprint density at radius 1 is 1.00 bits per heavy atom. The SMILES string of the molecule is Fc1cc(Cl)c(F)c(F)c1Cl. The molecule has 0 heterocycles. The molecule has 0 saturated carbocycles. The maximum absolute atomic E-state index is 12.4. The fraction of sp³-hybridized carbons (Fsp3) is 0. The number of benzene rings is 1. The summed E-state index contributed by atoms with van der Waals surface area (Å²) in [6.07, 6.45) is 0. The van der Waals surface area contributed by atoms with Crippen molar-refractivity contribution in [3.63, 3.8) is 0 Å². The molecule has 0 unspecified atom stereocenters. The average molecular weight is 201 g/mol. The molecule has 11 heavy (non-hydrogen) atoms. The van der Waals surface area contributed by atoms with E-state index in [9.17, 15) is 13.2 Å². The minimum absolute atomic E-state index is 0.613. The van der Waals surface area contributed by atoms with Crippen LogP contribution in [0, 0.1) is 17.5 Å². The molecule has 1 aromatic rings. The number of rotatable bonds is 0. The van der Waals surface area contributed by atoms with Gasteiger partial charge in [-0.15, -0.1) is 0 Å². The fourth-order valence-electron chi connectivity index (χ4n) is 0.544. The zero-order chi connectivity index (χ0) is 8.59. The third-order valence-corrected chi connectivity index (χ3v) is 1.68. The van der Waals surface area contributed by atoms with Crippen LogP contribution in [-0.2, 0) is 0 Å². The lowest BCUT2D eigenvalue weighted by atomic mass is 10.3. The average Bonchev–Trinajstić information content (AvgIpc) is 1.97. The minimum atomic E-state index is -1.46. The van der Waals surface area contributed by atoms with Crippen LogP contribution in [0.15, 0.2) is 6.07 Å². The lowest BCUT2D eigenvalue weighted by Gasteiger charge is -1.98. The molecule has 0 amide bonds. The van der Waals surface area contributed by atoms with Gasteiger partial charge in [0.15, 0.2) is 11.6 Å². The standard InChI is InChI=1S/C6HCl2F3/c7-2-1-3(9)4(8)6(11)5(2)10/h1H. The van der Waals surface area contributed by atoms with E-state index in [1.54, 1.807) is 0 Å². The van der Waals surface area contributed by atoms with Crippen LogP contribution in [0.4, 0.5) is 13.2 Å². The van der Waals surface area contributed by atoms with E-state index in [0.717, 1.165) is 0 Å². The molecule has 0 aromatic heterocycles. The van der Waals surface area contributed by atoms with Crippen LogP contribution < -0.4 is 0 Å². The van der Waals surface area contributed by atoms with Crippen molar-refractivity contribution in [2.45, 2.75) is 0 Å². The van der Waals surface area contributed by atoms with Gasteiger partial charge in [-0.05, 0) is 6.07 Å². The maximum Gasteiger partial charge on any atom is 0.181 e. The summed E-state index contributed by atoms with van der Waals surface area (Å²) >= 11 is 10.1. The summed E-state index contributed by atoms with van der Waals surface area (Å²) in [6, 6.07) is 0.613. The van der Waals surface area contributed by atoms with Crippen molar-refractivity contribution in [2.75, 3.05) is 0 Å². The van der Waals surface area contributed by atoms with Gasteiger partial charge in [-0.25, -0.2) is 13.2 Å². The fourth-order valence-corrected chi connectivity index (χ4v) is 0.860. The van der Waals surface area contributed by atoms with E-state index >= 15 is 0 Å². The Morgan fingerprint density at radius 3 is 2.09 bits per heavy atom. The van der Waals surface area contributed by atoms with Gasteiger partial charge in [0.2, 0.25) is 0 Å². The Kier molecular flexibility index (Phi) is 2.30. The molecule has 60 valence electrons. The van der Waals surface area contributed by atoms with Crippen LogP contribution in [0.25, 0.3) is 0 Å². The summed E-state index contributed by atoms with van der Waals surface area (Å²) in [5.74, 6) is -3.87. The van der Waals surface area contributed by atoms with Gasteiger partial charge in [0.05, 0.1) is 5.02 Å². The first kappa shape index (κ1) is 8.68. The van der Waals surface area contributed by atoms with Crippen molar-refractivity contribution < 1.29 is 13.2 Å². The predicted octanol–water partition coefficient (Wildman–Crippen LogP) is 3.41. The molecular formula is C6HCl2F3. The number of halogens is 5. The Hall–Kier alpha value is -0.410. The molecule has 1 rings (SSSR count). The molecule has 0 nitrogen and oxygen atoms in total. The molecule has 0 aliphatic heterocycles. The van der Waals surface area contributed by atoms with Gasteiger partial charge in [-0.1, -0.05) is 23.2 Å². The smallest absolute Gasteiger partial charge is 0.181 e. The molecule has 1 aromatic carbocycles. The number of hydrogen-bond acceptors (Lipinski definition) is 0. The minimum Gasteiger partial charge on any atom is -0.205 e. The summed E-state index contributed by atoms with van der Waals surface area (Å²) in [4.78, 5) is 0. The molecule has 0 aliphatic rings. The normalized spacial score (nSPS) is 10.3. The molecule has 0 fully saturated rings. The summed E-state index contributed by atoms with van der Waals surface area (Å²) in [6.45, 7) is 0. The van der Waals surface area contributed by atoms with Gasteiger partial charge in [0.1, 0.15) is 10.8 Å². The van der Waals surface area contributed by atoms with E-state index in [0.29, 0.717) is 6.07 Å². The van der Waals surface area contributed by atoms with Crippen molar-refractivity contribution in [2.24, 2.45) is 0 Å².